The van der Waals surface area contributed by atoms with Crippen LogP contribution in [0.2, 0.25) is 0 Å². The minimum Gasteiger partial charge on any atom is -0.507 e. The normalized spacial score (nSPS) is 15.3. The van der Waals surface area contributed by atoms with Gasteiger partial charge in [-0.2, -0.15) is 5.10 Å². The van der Waals surface area contributed by atoms with Crippen LogP contribution in [0.4, 0.5) is 0 Å². The molecule has 3 rings (SSSR count). The first-order valence-corrected chi connectivity index (χ1v) is 6.72. The van der Waals surface area contributed by atoms with Crippen LogP contribution >= 0.6 is 0 Å². The Morgan fingerprint density at radius 1 is 1.25 bits per heavy atom. The van der Waals surface area contributed by atoms with Crippen LogP contribution in [-0.2, 0) is 4.79 Å². The summed E-state index contributed by atoms with van der Waals surface area (Å²) in [5.74, 6) is 0.284. The smallest absolute Gasteiger partial charge is 0.243 e. The van der Waals surface area contributed by atoms with Crippen LogP contribution in [0, 0.1) is 5.92 Å². The van der Waals surface area contributed by atoms with E-state index < -0.39 is 0 Å². The molecule has 0 atom stereocenters. The van der Waals surface area contributed by atoms with E-state index in [1.165, 1.54) is 0 Å². The molecule has 0 heterocycles. The standard InChI is InChI=1S/C16H16N2O2/c1-10(17-18-16(20)12-6-7-12)13-9-8-11-4-2-3-5-14(11)15(13)19/h2-5,8-9,12,19H,6-7H2,1H3,(H,18,20)/b17-10+. The van der Waals surface area contributed by atoms with Gasteiger partial charge in [-0.15, -0.1) is 0 Å². The van der Waals surface area contributed by atoms with Crippen molar-refractivity contribution in [1.29, 1.82) is 0 Å². The van der Waals surface area contributed by atoms with Crippen LogP contribution in [0.1, 0.15) is 25.3 Å². The number of carbonyl (C=O) groups is 1. The van der Waals surface area contributed by atoms with E-state index in [1.807, 2.05) is 36.4 Å². The van der Waals surface area contributed by atoms with Crippen LogP contribution in [0.3, 0.4) is 0 Å². The van der Waals surface area contributed by atoms with E-state index in [4.69, 9.17) is 0 Å². The molecule has 0 bridgehead atoms. The van der Waals surface area contributed by atoms with Crippen molar-refractivity contribution in [3.05, 3.63) is 42.0 Å². The van der Waals surface area contributed by atoms with E-state index in [2.05, 4.69) is 10.5 Å². The zero-order valence-electron chi connectivity index (χ0n) is 11.3. The molecule has 4 nitrogen and oxygen atoms in total. The lowest BCUT2D eigenvalue weighted by atomic mass is 10.0. The Labute approximate surface area is 117 Å². The van der Waals surface area contributed by atoms with Crippen LogP contribution in [-0.4, -0.2) is 16.7 Å². The highest BCUT2D eigenvalue weighted by molar-refractivity contribution is 6.06. The predicted molar refractivity (Wildman–Crippen MR) is 78.7 cm³/mol. The molecule has 2 aromatic carbocycles. The molecule has 1 saturated carbocycles. The van der Waals surface area contributed by atoms with Gasteiger partial charge < -0.3 is 5.11 Å². The maximum atomic E-state index is 11.6. The molecule has 2 N–H and O–H groups in total. The molecule has 0 aliphatic heterocycles. The molecule has 1 amide bonds. The lowest BCUT2D eigenvalue weighted by Crippen LogP contribution is -2.20. The van der Waals surface area contributed by atoms with E-state index in [0.717, 1.165) is 23.6 Å². The first-order valence-electron chi connectivity index (χ1n) is 6.72. The van der Waals surface area contributed by atoms with Gasteiger partial charge in [0.05, 0.1) is 5.71 Å². The summed E-state index contributed by atoms with van der Waals surface area (Å²) in [5.41, 5.74) is 3.79. The lowest BCUT2D eigenvalue weighted by Gasteiger charge is -2.08. The number of rotatable bonds is 3. The van der Waals surface area contributed by atoms with Crippen molar-refractivity contribution in [2.45, 2.75) is 19.8 Å². The number of nitrogens with zero attached hydrogens (tertiary/aromatic N) is 1. The molecular formula is C16H16N2O2. The number of amides is 1. The lowest BCUT2D eigenvalue weighted by molar-refractivity contribution is -0.122. The third-order valence-corrected chi connectivity index (χ3v) is 3.57. The average Bonchev–Trinajstić information content (AvgIpc) is 3.30. The molecule has 0 spiro atoms. The second-order valence-corrected chi connectivity index (χ2v) is 5.13. The predicted octanol–water partition coefficient (Wildman–Crippen LogP) is 2.80. The van der Waals surface area contributed by atoms with Crippen molar-refractivity contribution in [1.82, 2.24) is 5.43 Å². The van der Waals surface area contributed by atoms with Crippen LogP contribution < -0.4 is 5.43 Å². The number of hydrogen-bond acceptors (Lipinski definition) is 3. The zero-order chi connectivity index (χ0) is 14.1. The number of carbonyl (C=O) groups excluding carboxylic acids is 1. The summed E-state index contributed by atoms with van der Waals surface area (Å²) >= 11 is 0. The van der Waals surface area contributed by atoms with Crippen molar-refractivity contribution in [2.75, 3.05) is 0 Å². The maximum Gasteiger partial charge on any atom is 0.243 e. The molecule has 1 aliphatic rings. The first-order chi connectivity index (χ1) is 9.66. The topological polar surface area (TPSA) is 61.7 Å². The monoisotopic (exact) mass is 268 g/mol. The zero-order valence-corrected chi connectivity index (χ0v) is 11.3. The molecule has 0 saturated heterocycles. The molecule has 4 heteroatoms. The van der Waals surface area contributed by atoms with E-state index in [-0.39, 0.29) is 17.6 Å². The van der Waals surface area contributed by atoms with Gasteiger partial charge in [-0.05, 0) is 31.2 Å². The number of hydrogen-bond donors (Lipinski definition) is 2. The van der Waals surface area contributed by atoms with E-state index in [1.54, 1.807) is 6.92 Å². The molecule has 0 aromatic heterocycles. The van der Waals surface area contributed by atoms with Crippen LogP contribution in [0.25, 0.3) is 10.8 Å². The van der Waals surface area contributed by atoms with Crippen molar-refractivity contribution in [3.8, 4) is 5.75 Å². The van der Waals surface area contributed by atoms with Gasteiger partial charge in [0.1, 0.15) is 5.75 Å². The Kier molecular flexibility index (Phi) is 3.14. The maximum absolute atomic E-state index is 11.6. The fraction of sp³-hybridized carbons (Fsp3) is 0.250. The summed E-state index contributed by atoms with van der Waals surface area (Å²) in [6.45, 7) is 1.77. The number of hydrazone groups is 1. The Bertz CT molecular complexity index is 703. The third-order valence-electron chi connectivity index (χ3n) is 3.57. The van der Waals surface area contributed by atoms with Crippen molar-refractivity contribution in [2.24, 2.45) is 11.0 Å². The van der Waals surface area contributed by atoms with Gasteiger partial charge in [0.25, 0.3) is 0 Å². The molecule has 1 aliphatic carbocycles. The highest BCUT2D eigenvalue weighted by Gasteiger charge is 2.29. The molecule has 20 heavy (non-hydrogen) atoms. The highest BCUT2D eigenvalue weighted by Crippen LogP contribution is 2.30. The van der Waals surface area contributed by atoms with Gasteiger partial charge in [0, 0.05) is 16.9 Å². The van der Waals surface area contributed by atoms with Gasteiger partial charge >= 0.3 is 0 Å². The Balaban J connectivity index is 1.90. The van der Waals surface area contributed by atoms with E-state index >= 15 is 0 Å². The molecule has 102 valence electrons. The Morgan fingerprint density at radius 2 is 2.00 bits per heavy atom. The Morgan fingerprint density at radius 3 is 2.75 bits per heavy atom. The minimum absolute atomic E-state index is 0.0374. The van der Waals surface area contributed by atoms with Crippen molar-refractivity contribution >= 4 is 22.4 Å². The molecule has 0 radical (unpaired) electrons. The summed E-state index contributed by atoms with van der Waals surface area (Å²) in [7, 11) is 0. The van der Waals surface area contributed by atoms with Gasteiger partial charge in [-0.3, -0.25) is 4.79 Å². The van der Waals surface area contributed by atoms with Gasteiger partial charge in [0.15, 0.2) is 0 Å². The second-order valence-electron chi connectivity index (χ2n) is 5.13. The minimum atomic E-state index is -0.0374. The van der Waals surface area contributed by atoms with E-state index in [0.29, 0.717) is 11.3 Å². The summed E-state index contributed by atoms with van der Waals surface area (Å²) in [6, 6.07) is 11.4. The molecule has 2 aromatic rings. The number of nitrogens with one attached hydrogen (secondary N) is 1. The molecule has 0 unspecified atom stereocenters. The quantitative estimate of drug-likeness (QED) is 0.664. The first kappa shape index (κ1) is 12.7. The van der Waals surface area contributed by atoms with Crippen LogP contribution in [0.15, 0.2) is 41.5 Å². The third kappa shape index (κ3) is 2.37. The number of phenols is 1. The summed E-state index contributed by atoms with van der Waals surface area (Å²) in [4.78, 5) is 11.6. The van der Waals surface area contributed by atoms with Gasteiger partial charge in [-0.1, -0.05) is 30.3 Å². The van der Waals surface area contributed by atoms with Crippen LogP contribution in [0.5, 0.6) is 5.75 Å². The fourth-order valence-corrected chi connectivity index (χ4v) is 2.18. The number of aromatic hydroxyl groups is 1. The summed E-state index contributed by atoms with van der Waals surface area (Å²) in [6.07, 6.45) is 1.89. The summed E-state index contributed by atoms with van der Waals surface area (Å²) < 4.78 is 0. The second kappa shape index (κ2) is 4.96. The fourth-order valence-electron chi connectivity index (χ4n) is 2.18. The van der Waals surface area contributed by atoms with Crippen molar-refractivity contribution < 1.29 is 9.90 Å². The van der Waals surface area contributed by atoms with Crippen molar-refractivity contribution in [3.63, 3.8) is 0 Å². The SMILES string of the molecule is C/C(=N\NC(=O)C1CC1)c1ccc2ccccc2c1O. The number of phenolic OH excluding ortho intramolecular Hbond substituents is 1. The van der Waals surface area contributed by atoms with Gasteiger partial charge in [0.2, 0.25) is 5.91 Å². The van der Waals surface area contributed by atoms with E-state index in [9.17, 15) is 9.90 Å². The summed E-state index contributed by atoms with van der Waals surface area (Å²) in [5, 5.41) is 16.2. The largest absolute Gasteiger partial charge is 0.507 e. The Hall–Kier alpha value is -2.36. The average molecular weight is 268 g/mol. The van der Waals surface area contributed by atoms with Gasteiger partial charge in [-0.25, -0.2) is 5.43 Å². The molecule has 1 fully saturated rings. The molecular weight excluding hydrogens is 252 g/mol. The number of benzene rings is 2. The highest BCUT2D eigenvalue weighted by atomic mass is 16.3. The number of fused-ring (bicyclic) bond motifs is 1.